The largest absolute Gasteiger partial charge is 0.318 e. The minimum Gasteiger partial charge on any atom is -0.318 e. The minimum atomic E-state index is -3.67. The molecule has 0 saturated carbocycles. The molecule has 6 nitrogen and oxygen atoms in total. The van der Waals surface area contributed by atoms with Crippen LogP contribution in [0.25, 0.3) is 10.2 Å². The normalized spacial score (nSPS) is 13.1. The molecule has 0 spiro atoms. The number of benzene rings is 2. The van der Waals surface area contributed by atoms with Crippen LogP contribution in [0.15, 0.2) is 46.3 Å². The van der Waals surface area contributed by atoms with Gasteiger partial charge in [-0.15, -0.1) is 0 Å². The van der Waals surface area contributed by atoms with Crippen molar-refractivity contribution in [3.05, 3.63) is 56.8 Å². The highest BCUT2D eigenvalue weighted by Gasteiger charge is 2.26. The molecule has 0 unspecified atom stereocenters. The summed E-state index contributed by atoms with van der Waals surface area (Å²) >= 11 is 13.8. The van der Waals surface area contributed by atoms with Gasteiger partial charge in [0.2, 0.25) is 10.0 Å². The first-order valence-electron chi connectivity index (χ1n) is 10.5. The van der Waals surface area contributed by atoms with E-state index in [-0.39, 0.29) is 16.7 Å². The number of carbonyl (C=O) groups is 1. The Morgan fingerprint density at radius 1 is 1.00 bits per heavy atom. The Kier molecular flexibility index (Phi) is 8.07. The van der Waals surface area contributed by atoms with E-state index < -0.39 is 15.9 Å². The van der Waals surface area contributed by atoms with E-state index in [0.717, 1.165) is 4.70 Å². The lowest BCUT2D eigenvalue weighted by Crippen LogP contribution is -2.37. The summed E-state index contributed by atoms with van der Waals surface area (Å²) < 4.78 is 30.3. The number of hydrogen-bond donors (Lipinski definition) is 0. The van der Waals surface area contributed by atoms with Crippen LogP contribution in [0.5, 0.6) is 0 Å². The number of fused-ring (bicyclic) bond motifs is 1. The maximum atomic E-state index is 13.2. The molecule has 0 N–H and O–H groups in total. The molecule has 0 aliphatic heterocycles. The Morgan fingerprint density at radius 2 is 1.55 bits per heavy atom. The molecule has 178 valence electrons. The molecule has 2 aromatic carbocycles. The zero-order valence-electron chi connectivity index (χ0n) is 19.2. The van der Waals surface area contributed by atoms with Crippen molar-refractivity contribution in [1.82, 2.24) is 8.87 Å². The molecule has 0 saturated heterocycles. The maximum Gasteiger partial charge on any atom is 0.279 e. The zero-order valence-corrected chi connectivity index (χ0v) is 22.3. The first kappa shape index (κ1) is 25.9. The molecule has 3 aromatic rings. The summed E-state index contributed by atoms with van der Waals surface area (Å²) in [6, 6.07) is 9.32. The number of amides is 1. The van der Waals surface area contributed by atoms with Crippen molar-refractivity contribution in [1.29, 1.82) is 0 Å². The summed E-state index contributed by atoms with van der Waals surface area (Å²) in [6.07, 6.45) is 0. The van der Waals surface area contributed by atoms with Crippen LogP contribution >= 0.6 is 34.5 Å². The van der Waals surface area contributed by atoms with E-state index in [0.29, 0.717) is 39.0 Å². The van der Waals surface area contributed by atoms with Gasteiger partial charge in [0.15, 0.2) is 4.80 Å². The molecule has 33 heavy (non-hydrogen) atoms. The fourth-order valence-corrected chi connectivity index (χ4v) is 6.86. The van der Waals surface area contributed by atoms with E-state index >= 15 is 0 Å². The third-order valence-electron chi connectivity index (χ3n) is 4.92. The molecular weight excluding hydrogens is 501 g/mol. The third-order valence-corrected chi connectivity index (χ3v) is 8.67. The smallest absolute Gasteiger partial charge is 0.279 e. The van der Waals surface area contributed by atoms with Gasteiger partial charge in [-0.1, -0.05) is 62.2 Å². The number of nitrogens with zero attached hydrogens (tertiary/aromatic N) is 3. The molecule has 0 bridgehead atoms. The molecule has 3 rings (SSSR count). The number of rotatable bonds is 7. The first-order chi connectivity index (χ1) is 15.4. The summed E-state index contributed by atoms with van der Waals surface area (Å²) in [5.74, 6) is -0.0842. The molecule has 10 heteroatoms. The second-order valence-electron chi connectivity index (χ2n) is 8.70. The zero-order chi connectivity index (χ0) is 24.5. The minimum absolute atomic E-state index is 0.159. The number of aryl methyl sites for hydroxylation is 1. The highest BCUT2D eigenvalue weighted by Crippen LogP contribution is 2.31. The fourth-order valence-electron chi connectivity index (χ4n) is 3.44. The van der Waals surface area contributed by atoms with Crippen molar-refractivity contribution < 1.29 is 13.2 Å². The van der Waals surface area contributed by atoms with Crippen LogP contribution in [0.1, 0.15) is 38.1 Å². The lowest BCUT2D eigenvalue weighted by molar-refractivity contribution is 0.0998. The first-order valence-corrected chi connectivity index (χ1v) is 13.6. The number of carbonyl (C=O) groups excluding carboxylic acids is 1. The SMILES string of the molecule is CC(C)CN(CC(C)C)S(=O)(=O)c1ccc(C(=O)N=c2sc3c(Cl)ccc(Cl)c3n2C)cc1. The monoisotopic (exact) mass is 527 g/mol. The van der Waals surface area contributed by atoms with Crippen LogP contribution < -0.4 is 4.80 Å². The number of hydrogen-bond acceptors (Lipinski definition) is 4. The molecule has 0 radical (unpaired) electrons. The summed E-state index contributed by atoms with van der Waals surface area (Å²) in [5.41, 5.74) is 1.00. The summed E-state index contributed by atoms with van der Waals surface area (Å²) in [7, 11) is -1.90. The molecule has 0 fully saturated rings. The topological polar surface area (TPSA) is 71.7 Å². The predicted molar refractivity (Wildman–Crippen MR) is 136 cm³/mol. The second-order valence-corrected chi connectivity index (χ2v) is 12.4. The molecular formula is C23H27Cl2N3O3S2. The molecule has 0 aliphatic carbocycles. The van der Waals surface area contributed by atoms with E-state index in [1.54, 1.807) is 23.7 Å². The van der Waals surface area contributed by atoms with Crippen LogP contribution in [-0.4, -0.2) is 36.3 Å². The summed E-state index contributed by atoms with van der Waals surface area (Å²) in [6.45, 7) is 8.82. The van der Waals surface area contributed by atoms with Crippen LogP contribution in [0, 0.1) is 11.8 Å². The summed E-state index contributed by atoms with van der Waals surface area (Å²) in [4.78, 5) is 17.6. The Labute approximate surface area is 208 Å². The Bertz CT molecular complexity index is 1330. The van der Waals surface area contributed by atoms with E-state index in [2.05, 4.69) is 4.99 Å². The molecule has 0 atom stereocenters. The lowest BCUT2D eigenvalue weighted by atomic mass is 10.2. The highest BCUT2D eigenvalue weighted by atomic mass is 35.5. The average Bonchev–Trinajstić information content (AvgIpc) is 3.07. The Balaban J connectivity index is 1.93. The lowest BCUT2D eigenvalue weighted by Gasteiger charge is -2.25. The van der Waals surface area contributed by atoms with Crippen molar-refractivity contribution in [2.45, 2.75) is 32.6 Å². The van der Waals surface area contributed by atoms with Gasteiger partial charge in [0.1, 0.15) is 0 Å². The van der Waals surface area contributed by atoms with Gasteiger partial charge >= 0.3 is 0 Å². The van der Waals surface area contributed by atoms with Gasteiger partial charge in [0.25, 0.3) is 5.91 Å². The molecule has 1 amide bonds. The summed E-state index contributed by atoms with van der Waals surface area (Å²) in [5, 5.41) is 1.05. The standard InChI is InChI=1S/C23H27Cl2N3O3S2/c1-14(2)12-28(13-15(3)4)33(30,31)17-8-6-16(7-9-17)22(29)26-23-27(5)20-18(24)10-11-19(25)21(20)32-23/h6-11,14-15H,12-13H2,1-5H3. The number of sulfonamides is 1. The average molecular weight is 529 g/mol. The van der Waals surface area contributed by atoms with Crippen LogP contribution in [-0.2, 0) is 17.1 Å². The van der Waals surface area contributed by atoms with Crippen LogP contribution in [0.2, 0.25) is 10.0 Å². The predicted octanol–water partition coefficient (Wildman–Crippen LogP) is 5.59. The van der Waals surface area contributed by atoms with Gasteiger partial charge in [0, 0.05) is 25.7 Å². The maximum absolute atomic E-state index is 13.2. The second kappa shape index (κ2) is 10.3. The number of halogens is 2. The van der Waals surface area contributed by atoms with Crippen molar-refractivity contribution in [3.63, 3.8) is 0 Å². The van der Waals surface area contributed by atoms with E-state index in [9.17, 15) is 13.2 Å². The van der Waals surface area contributed by atoms with Gasteiger partial charge in [-0.3, -0.25) is 4.79 Å². The Hall–Kier alpha value is -1.71. The molecule has 1 heterocycles. The Morgan fingerprint density at radius 3 is 2.06 bits per heavy atom. The van der Waals surface area contributed by atoms with E-state index in [1.165, 1.54) is 39.9 Å². The van der Waals surface area contributed by atoms with Gasteiger partial charge in [-0.2, -0.15) is 9.30 Å². The van der Waals surface area contributed by atoms with Gasteiger partial charge in [-0.05, 0) is 48.2 Å². The number of aromatic nitrogens is 1. The van der Waals surface area contributed by atoms with E-state index in [1.807, 2.05) is 27.7 Å². The van der Waals surface area contributed by atoms with Gasteiger partial charge in [0.05, 0.1) is 25.2 Å². The van der Waals surface area contributed by atoms with E-state index in [4.69, 9.17) is 23.2 Å². The van der Waals surface area contributed by atoms with Crippen LogP contribution in [0.3, 0.4) is 0 Å². The van der Waals surface area contributed by atoms with Crippen molar-refractivity contribution in [3.8, 4) is 0 Å². The van der Waals surface area contributed by atoms with Crippen molar-refractivity contribution in [2.75, 3.05) is 13.1 Å². The quantitative estimate of drug-likeness (QED) is 0.401. The number of thiazole rings is 1. The van der Waals surface area contributed by atoms with Crippen LogP contribution in [0.4, 0.5) is 0 Å². The third kappa shape index (κ3) is 5.69. The fraction of sp³-hybridized carbons (Fsp3) is 0.391. The molecule has 0 aliphatic rings. The van der Waals surface area contributed by atoms with Gasteiger partial charge in [-0.25, -0.2) is 8.42 Å². The van der Waals surface area contributed by atoms with Crippen molar-refractivity contribution in [2.24, 2.45) is 23.9 Å². The van der Waals surface area contributed by atoms with Crippen molar-refractivity contribution >= 4 is 60.7 Å². The van der Waals surface area contributed by atoms with Gasteiger partial charge < -0.3 is 4.57 Å². The highest BCUT2D eigenvalue weighted by molar-refractivity contribution is 7.89. The molecule has 1 aromatic heterocycles.